The Labute approximate surface area is 211 Å². The Balaban J connectivity index is 1.74. The van der Waals surface area contributed by atoms with Gasteiger partial charge >= 0.3 is 0 Å². The molecule has 1 aliphatic heterocycles. The summed E-state index contributed by atoms with van der Waals surface area (Å²) in [6, 6.07) is 21.8. The number of ketones is 1. The Morgan fingerprint density at radius 1 is 0.917 bits per heavy atom. The quantitative estimate of drug-likeness (QED) is 0.240. The molecule has 4 rings (SSSR count). The van der Waals surface area contributed by atoms with Gasteiger partial charge in [-0.3, -0.25) is 9.59 Å². The van der Waals surface area contributed by atoms with Crippen LogP contribution in [0, 0.1) is 0 Å². The summed E-state index contributed by atoms with van der Waals surface area (Å²) >= 11 is 0. The Morgan fingerprint density at radius 2 is 1.64 bits per heavy atom. The lowest BCUT2D eigenvalue weighted by atomic mass is 9.94. The normalized spacial score (nSPS) is 16.9. The molecule has 0 spiro atoms. The fourth-order valence-electron chi connectivity index (χ4n) is 4.46. The fourth-order valence-corrected chi connectivity index (χ4v) is 4.46. The monoisotopic (exact) mass is 485 g/mol. The number of nitrogens with zero attached hydrogens (tertiary/aromatic N) is 1. The van der Waals surface area contributed by atoms with Gasteiger partial charge in [-0.05, 0) is 41.7 Å². The number of aryl methyl sites for hydroxylation is 1. The topological polar surface area (TPSA) is 76.1 Å². The van der Waals surface area contributed by atoms with E-state index in [1.54, 1.807) is 31.4 Å². The summed E-state index contributed by atoms with van der Waals surface area (Å²) in [5.74, 6) is -0.445. The first-order chi connectivity index (χ1) is 17.5. The van der Waals surface area contributed by atoms with Gasteiger partial charge in [-0.25, -0.2) is 0 Å². The second-order valence-corrected chi connectivity index (χ2v) is 8.73. The molecule has 1 N–H and O–H groups in total. The van der Waals surface area contributed by atoms with Crippen LogP contribution in [-0.2, 0) is 22.6 Å². The third-order valence-electron chi connectivity index (χ3n) is 6.38. The number of rotatable bonds is 9. The van der Waals surface area contributed by atoms with Crippen LogP contribution in [-0.4, -0.2) is 35.4 Å². The molecule has 36 heavy (non-hydrogen) atoms. The lowest BCUT2D eigenvalue weighted by Crippen LogP contribution is -2.30. The number of benzene rings is 3. The molecule has 0 bridgehead atoms. The molecular formula is C30H31NO5. The zero-order valence-electron chi connectivity index (χ0n) is 20.9. The number of aliphatic hydroxyl groups excluding tert-OH is 1. The number of amides is 1. The molecule has 1 saturated heterocycles. The lowest BCUT2D eigenvalue weighted by molar-refractivity contribution is -0.139. The van der Waals surface area contributed by atoms with E-state index in [1.807, 2.05) is 62.4 Å². The van der Waals surface area contributed by atoms with Crippen molar-refractivity contribution in [1.29, 1.82) is 0 Å². The minimum Gasteiger partial charge on any atom is -0.507 e. The molecule has 0 aliphatic carbocycles. The van der Waals surface area contributed by atoms with Gasteiger partial charge in [0.25, 0.3) is 11.7 Å². The van der Waals surface area contributed by atoms with Crippen LogP contribution in [0.15, 0.2) is 78.4 Å². The van der Waals surface area contributed by atoms with Gasteiger partial charge in [-0.1, -0.05) is 74.5 Å². The van der Waals surface area contributed by atoms with Crippen LogP contribution in [0.1, 0.15) is 48.6 Å². The second kappa shape index (κ2) is 11.1. The predicted octanol–water partition coefficient (Wildman–Crippen LogP) is 5.67. The highest BCUT2D eigenvalue weighted by Crippen LogP contribution is 2.42. The molecule has 3 aromatic carbocycles. The maximum absolute atomic E-state index is 13.1. The number of aliphatic hydroxyl groups is 1. The molecule has 0 saturated carbocycles. The Kier molecular flexibility index (Phi) is 7.74. The third kappa shape index (κ3) is 4.98. The van der Waals surface area contributed by atoms with Crippen molar-refractivity contribution >= 4 is 17.4 Å². The van der Waals surface area contributed by atoms with E-state index in [2.05, 4.69) is 0 Å². The first kappa shape index (κ1) is 25.0. The van der Waals surface area contributed by atoms with E-state index in [-0.39, 0.29) is 11.3 Å². The second-order valence-electron chi connectivity index (χ2n) is 8.73. The predicted molar refractivity (Wildman–Crippen MR) is 139 cm³/mol. The van der Waals surface area contributed by atoms with E-state index in [0.29, 0.717) is 42.2 Å². The standard InChI is InChI=1S/C30H31NO5/c1-4-17-31-27(26(29(33)30(31)34)28(32)22-13-11-20(5-2)12-14-22)23-15-16-24(25(18-23)35-3)36-19-21-9-7-6-8-10-21/h6-16,18,27,32H,4-5,17,19H2,1-3H3/b28-26-. The van der Waals surface area contributed by atoms with Crippen molar-refractivity contribution in [1.82, 2.24) is 4.90 Å². The van der Waals surface area contributed by atoms with Crippen molar-refractivity contribution < 1.29 is 24.2 Å². The van der Waals surface area contributed by atoms with Crippen molar-refractivity contribution in [3.63, 3.8) is 0 Å². The molecule has 3 aromatic rings. The van der Waals surface area contributed by atoms with Crippen molar-refractivity contribution in [3.8, 4) is 11.5 Å². The Bertz CT molecular complexity index is 1260. The number of methoxy groups -OCH3 is 1. The third-order valence-corrected chi connectivity index (χ3v) is 6.38. The largest absolute Gasteiger partial charge is 0.507 e. The van der Waals surface area contributed by atoms with Gasteiger partial charge in [0.15, 0.2) is 11.5 Å². The number of Topliss-reactive ketones (excluding diaryl/α,β-unsaturated/α-hetero) is 1. The van der Waals surface area contributed by atoms with Gasteiger partial charge in [0.1, 0.15) is 12.4 Å². The highest BCUT2D eigenvalue weighted by atomic mass is 16.5. The summed E-state index contributed by atoms with van der Waals surface area (Å²) in [5.41, 5.74) is 3.39. The van der Waals surface area contributed by atoms with E-state index in [0.717, 1.165) is 17.5 Å². The minimum atomic E-state index is -0.729. The molecule has 1 atom stereocenters. The summed E-state index contributed by atoms with van der Waals surface area (Å²) in [6.07, 6.45) is 1.53. The maximum Gasteiger partial charge on any atom is 0.295 e. The average molecular weight is 486 g/mol. The van der Waals surface area contributed by atoms with Crippen molar-refractivity contribution in [2.24, 2.45) is 0 Å². The van der Waals surface area contributed by atoms with E-state index < -0.39 is 17.7 Å². The number of carbonyl (C=O) groups is 2. The first-order valence-electron chi connectivity index (χ1n) is 12.2. The average Bonchev–Trinajstić information content (AvgIpc) is 3.17. The SMILES string of the molecule is CCCN1C(=O)C(=O)/C(=C(\O)c2ccc(CC)cc2)C1c1ccc(OCc2ccccc2)c(OC)c1. The summed E-state index contributed by atoms with van der Waals surface area (Å²) in [4.78, 5) is 27.6. The van der Waals surface area contributed by atoms with Gasteiger partial charge in [-0.15, -0.1) is 0 Å². The van der Waals surface area contributed by atoms with Crippen molar-refractivity contribution in [2.75, 3.05) is 13.7 Å². The van der Waals surface area contributed by atoms with E-state index in [9.17, 15) is 14.7 Å². The van der Waals surface area contributed by atoms with Crippen molar-refractivity contribution in [3.05, 3.63) is 101 Å². The Morgan fingerprint density at radius 3 is 2.28 bits per heavy atom. The Hall–Kier alpha value is -4.06. The highest BCUT2D eigenvalue weighted by Gasteiger charge is 2.45. The van der Waals surface area contributed by atoms with Crippen LogP contribution in [0.3, 0.4) is 0 Å². The number of hydrogen-bond acceptors (Lipinski definition) is 5. The molecule has 6 heteroatoms. The first-order valence-corrected chi connectivity index (χ1v) is 12.2. The van der Waals surface area contributed by atoms with E-state index >= 15 is 0 Å². The number of likely N-dealkylation sites (tertiary alicyclic amines) is 1. The van der Waals surface area contributed by atoms with Crippen LogP contribution < -0.4 is 9.47 Å². The maximum atomic E-state index is 13.1. The molecule has 6 nitrogen and oxygen atoms in total. The number of ether oxygens (including phenoxy) is 2. The smallest absolute Gasteiger partial charge is 0.295 e. The zero-order chi connectivity index (χ0) is 25.7. The summed E-state index contributed by atoms with van der Waals surface area (Å²) in [6.45, 7) is 4.75. The molecule has 0 radical (unpaired) electrons. The van der Waals surface area contributed by atoms with Gasteiger partial charge < -0.3 is 19.5 Å². The van der Waals surface area contributed by atoms with Gasteiger partial charge in [0.05, 0.1) is 18.7 Å². The zero-order valence-corrected chi connectivity index (χ0v) is 20.9. The molecule has 1 amide bonds. The van der Waals surface area contributed by atoms with Crippen LogP contribution in [0.25, 0.3) is 5.76 Å². The minimum absolute atomic E-state index is 0.0812. The molecule has 1 fully saturated rings. The van der Waals surface area contributed by atoms with E-state index in [4.69, 9.17) is 9.47 Å². The molecule has 1 unspecified atom stereocenters. The summed E-state index contributed by atoms with van der Waals surface area (Å²) in [7, 11) is 1.55. The molecular weight excluding hydrogens is 454 g/mol. The fraction of sp³-hybridized carbons (Fsp3) is 0.267. The van der Waals surface area contributed by atoms with Crippen LogP contribution in [0.2, 0.25) is 0 Å². The van der Waals surface area contributed by atoms with Gasteiger partial charge in [-0.2, -0.15) is 0 Å². The molecule has 1 aliphatic rings. The highest BCUT2D eigenvalue weighted by molar-refractivity contribution is 6.46. The number of carbonyl (C=O) groups excluding carboxylic acids is 2. The van der Waals surface area contributed by atoms with E-state index in [1.165, 1.54) is 4.90 Å². The molecule has 1 heterocycles. The van der Waals surface area contributed by atoms with Gasteiger partial charge in [0.2, 0.25) is 0 Å². The number of hydrogen-bond donors (Lipinski definition) is 1. The van der Waals surface area contributed by atoms with Gasteiger partial charge in [0, 0.05) is 12.1 Å². The summed E-state index contributed by atoms with van der Waals surface area (Å²) < 4.78 is 11.6. The molecule has 0 aromatic heterocycles. The van der Waals surface area contributed by atoms with Crippen molar-refractivity contribution in [2.45, 2.75) is 39.3 Å². The summed E-state index contributed by atoms with van der Waals surface area (Å²) in [5, 5.41) is 11.2. The van der Waals surface area contributed by atoms with Crippen LogP contribution in [0.4, 0.5) is 0 Å². The molecule has 186 valence electrons. The van der Waals surface area contributed by atoms with Crippen LogP contribution in [0.5, 0.6) is 11.5 Å². The van der Waals surface area contributed by atoms with Crippen LogP contribution >= 0.6 is 0 Å². The lowest BCUT2D eigenvalue weighted by Gasteiger charge is -2.25.